The van der Waals surface area contributed by atoms with Crippen LogP contribution >= 0.6 is 11.6 Å². The Morgan fingerprint density at radius 3 is 2.64 bits per heavy atom. The minimum absolute atomic E-state index is 0.120. The molecule has 4 nitrogen and oxygen atoms in total. The highest BCUT2D eigenvalue weighted by molar-refractivity contribution is 6.31. The van der Waals surface area contributed by atoms with Gasteiger partial charge in [-0.25, -0.2) is 4.79 Å². The van der Waals surface area contributed by atoms with Crippen LogP contribution in [0.5, 0.6) is 0 Å². The molecule has 1 heterocycles. The standard InChI is InChI=1S/C14H10ClF3N2O2/c1-22-13(21)10-3-2-8(15)6-11(10)20-9-4-5-19-12(7-9)14(16,17)18/h2-7H,1H3,(H,19,20). The normalized spacial score (nSPS) is 11.1. The number of anilines is 2. The van der Waals surface area contributed by atoms with Crippen molar-refractivity contribution in [2.75, 3.05) is 12.4 Å². The van der Waals surface area contributed by atoms with Gasteiger partial charge in [0, 0.05) is 16.9 Å². The highest BCUT2D eigenvalue weighted by atomic mass is 35.5. The Morgan fingerprint density at radius 2 is 2.00 bits per heavy atom. The zero-order valence-corrected chi connectivity index (χ0v) is 12.0. The number of hydrogen-bond donors (Lipinski definition) is 1. The third-order valence-electron chi connectivity index (χ3n) is 2.72. The lowest BCUT2D eigenvalue weighted by Crippen LogP contribution is -2.09. The number of pyridine rings is 1. The molecule has 0 amide bonds. The average molecular weight is 331 g/mol. The molecule has 1 N–H and O–H groups in total. The number of rotatable bonds is 3. The summed E-state index contributed by atoms with van der Waals surface area (Å²) in [6.45, 7) is 0. The van der Waals surface area contributed by atoms with Crippen molar-refractivity contribution in [3.05, 3.63) is 52.8 Å². The summed E-state index contributed by atoms with van der Waals surface area (Å²) in [5, 5.41) is 3.04. The van der Waals surface area contributed by atoms with E-state index in [0.717, 1.165) is 12.3 Å². The molecule has 0 aliphatic rings. The number of methoxy groups -OCH3 is 1. The molecule has 0 radical (unpaired) electrons. The number of benzene rings is 1. The van der Waals surface area contributed by atoms with Crippen LogP contribution in [-0.4, -0.2) is 18.1 Å². The summed E-state index contributed by atoms with van der Waals surface area (Å²) in [4.78, 5) is 14.9. The summed E-state index contributed by atoms with van der Waals surface area (Å²) in [6.07, 6.45) is -3.54. The van der Waals surface area contributed by atoms with Crippen molar-refractivity contribution in [2.24, 2.45) is 0 Å². The minimum atomic E-state index is -4.56. The Bertz CT molecular complexity index is 705. The molecule has 0 aliphatic carbocycles. The van der Waals surface area contributed by atoms with Gasteiger partial charge in [-0.1, -0.05) is 11.6 Å². The van der Waals surface area contributed by atoms with Crippen molar-refractivity contribution < 1.29 is 22.7 Å². The largest absolute Gasteiger partial charge is 0.465 e. The molecule has 8 heteroatoms. The van der Waals surface area contributed by atoms with Crippen LogP contribution in [0, 0.1) is 0 Å². The van der Waals surface area contributed by atoms with E-state index in [1.54, 1.807) is 0 Å². The van der Waals surface area contributed by atoms with Crippen LogP contribution in [0.2, 0.25) is 5.02 Å². The number of carbonyl (C=O) groups is 1. The van der Waals surface area contributed by atoms with Crippen molar-refractivity contribution in [3.8, 4) is 0 Å². The van der Waals surface area contributed by atoms with Gasteiger partial charge in [0.25, 0.3) is 0 Å². The molecule has 0 saturated heterocycles. The maximum atomic E-state index is 12.6. The Labute approximate surface area is 128 Å². The van der Waals surface area contributed by atoms with Crippen LogP contribution in [0.1, 0.15) is 16.1 Å². The smallest absolute Gasteiger partial charge is 0.433 e. The second kappa shape index (κ2) is 6.23. The number of aromatic nitrogens is 1. The van der Waals surface area contributed by atoms with Gasteiger partial charge in [-0.3, -0.25) is 4.98 Å². The quantitative estimate of drug-likeness (QED) is 0.853. The van der Waals surface area contributed by atoms with Gasteiger partial charge in [0.15, 0.2) is 0 Å². The number of nitrogens with zero attached hydrogens (tertiary/aromatic N) is 1. The van der Waals surface area contributed by atoms with Crippen LogP contribution in [0.4, 0.5) is 24.5 Å². The lowest BCUT2D eigenvalue weighted by atomic mass is 10.1. The van der Waals surface area contributed by atoms with E-state index in [2.05, 4.69) is 15.0 Å². The van der Waals surface area contributed by atoms with E-state index in [-0.39, 0.29) is 16.9 Å². The van der Waals surface area contributed by atoms with Gasteiger partial charge in [0.2, 0.25) is 0 Å². The first-order valence-electron chi connectivity index (χ1n) is 5.99. The first-order chi connectivity index (χ1) is 10.3. The number of hydrogen-bond acceptors (Lipinski definition) is 4. The van der Waals surface area contributed by atoms with E-state index >= 15 is 0 Å². The fourth-order valence-electron chi connectivity index (χ4n) is 1.73. The summed E-state index contributed by atoms with van der Waals surface area (Å²) in [5.41, 5.74) is -0.537. The molecule has 2 aromatic rings. The molecular weight excluding hydrogens is 321 g/mol. The SMILES string of the molecule is COC(=O)c1ccc(Cl)cc1Nc1ccnc(C(F)(F)F)c1. The molecule has 22 heavy (non-hydrogen) atoms. The van der Waals surface area contributed by atoms with Gasteiger partial charge in [-0.2, -0.15) is 13.2 Å². The van der Waals surface area contributed by atoms with E-state index in [4.69, 9.17) is 11.6 Å². The molecule has 0 saturated carbocycles. The van der Waals surface area contributed by atoms with Crippen LogP contribution in [-0.2, 0) is 10.9 Å². The van der Waals surface area contributed by atoms with Crippen molar-refractivity contribution >= 4 is 28.9 Å². The number of esters is 1. The molecular formula is C14H10ClF3N2O2. The molecule has 1 aromatic carbocycles. The maximum Gasteiger partial charge on any atom is 0.433 e. The molecule has 0 spiro atoms. The monoisotopic (exact) mass is 330 g/mol. The second-order valence-corrected chi connectivity index (χ2v) is 4.67. The van der Waals surface area contributed by atoms with E-state index < -0.39 is 17.8 Å². The highest BCUT2D eigenvalue weighted by Crippen LogP contribution is 2.31. The van der Waals surface area contributed by atoms with Gasteiger partial charge in [-0.05, 0) is 30.3 Å². The molecule has 0 aliphatic heterocycles. The minimum Gasteiger partial charge on any atom is -0.465 e. The summed E-state index contributed by atoms with van der Waals surface area (Å²) in [7, 11) is 1.20. The molecule has 0 atom stereocenters. The van der Waals surface area contributed by atoms with Crippen molar-refractivity contribution in [2.45, 2.75) is 6.18 Å². The zero-order valence-electron chi connectivity index (χ0n) is 11.2. The van der Waals surface area contributed by atoms with Crippen molar-refractivity contribution in [3.63, 3.8) is 0 Å². The summed E-state index contributed by atoms with van der Waals surface area (Å²) < 4.78 is 42.6. The lowest BCUT2D eigenvalue weighted by molar-refractivity contribution is -0.141. The Kier molecular flexibility index (Phi) is 4.56. The maximum absolute atomic E-state index is 12.6. The van der Waals surface area contributed by atoms with Gasteiger partial charge in [0.05, 0.1) is 18.4 Å². The fourth-order valence-corrected chi connectivity index (χ4v) is 1.90. The van der Waals surface area contributed by atoms with Crippen LogP contribution in [0.15, 0.2) is 36.5 Å². The van der Waals surface area contributed by atoms with E-state index in [9.17, 15) is 18.0 Å². The van der Waals surface area contributed by atoms with Crippen LogP contribution < -0.4 is 5.32 Å². The Hall–Kier alpha value is -2.28. The van der Waals surface area contributed by atoms with E-state index in [1.807, 2.05) is 0 Å². The lowest BCUT2D eigenvalue weighted by Gasteiger charge is -2.13. The first-order valence-corrected chi connectivity index (χ1v) is 6.37. The Balaban J connectivity index is 2.39. The Morgan fingerprint density at radius 1 is 1.27 bits per heavy atom. The van der Waals surface area contributed by atoms with Crippen molar-refractivity contribution in [1.29, 1.82) is 0 Å². The molecule has 1 aromatic heterocycles. The van der Waals surface area contributed by atoms with Gasteiger partial charge in [0.1, 0.15) is 5.69 Å². The molecule has 0 unspecified atom stereocenters. The predicted molar refractivity (Wildman–Crippen MR) is 75.3 cm³/mol. The third kappa shape index (κ3) is 3.67. The molecule has 116 valence electrons. The highest BCUT2D eigenvalue weighted by Gasteiger charge is 2.32. The number of carbonyl (C=O) groups excluding carboxylic acids is 1. The third-order valence-corrected chi connectivity index (χ3v) is 2.95. The number of halogens is 4. The van der Waals surface area contributed by atoms with E-state index in [0.29, 0.717) is 5.02 Å². The fraction of sp³-hybridized carbons (Fsp3) is 0.143. The summed E-state index contributed by atoms with van der Waals surface area (Å²) >= 11 is 5.85. The number of nitrogens with one attached hydrogen (secondary N) is 1. The van der Waals surface area contributed by atoms with Gasteiger partial charge >= 0.3 is 12.1 Å². The van der Waals surface area contributed by atoms with E-state index in [1.165, 1.54) is 31.4 Å². The zero-order chi connectivity index (χ0) is 16.3. The van der Waals surface area contributed by atoms with Crippen LogP contribution in [0.3, 0.4) is 0 Å². The topological polar surface area (TPSA) is 51.2 Å². The molecule has 2 rings (SSSR count). The molecule has 0 fully saturated rings. The summed E-state index contributed by atoms with van der Waals surface area (Å²) in [6, 6.07) is 6.50. The van der Waals surface area contributed by atoms with Gasteiger partial charge < -0.3 is 10.1 Å². The molecule has 0 bridgehead atoms. The van der Waals surface area contributed by atoms with Crippen molar-refractivity contribution in [1.82, 2.24) is 4.98 Å². The number of alkyl halides is 3. The predicted octanol–water partition coefficient (Wildman–Crippen LogP) is 4.28. The van der Waals surface area contributed by atoms with Gasteiger partial charge in [-0.15, -0.1) is 0 Å². The second-order valence-electron chi connectivity index (χ2n) is 4.23. The first kappa shape index (κ1) is 16.1. The summed E-state index contributed by atoms with van der Waals surface area (Å²) in [5.74, 6) is -0.635. The van der Waals surface area contributed by atoms with Crippen LogP contribution in [0.25, 0.3) is 0 Å². The number of ether oxygens (including phenoxy) is 1. The average Bonchev–Trinajstić information content (AvgIpc) is 2.46.